The Kier molecular flexibility index (Phi) is 4.84. The number of hydrogen-bond acceptors (Lipinski definition) is 2. The van der Waals surface area contributed by atoms with Gasteiger partial charge in [-0.2, -0.15) is 0 Å². The fraction of sp³-hybridized carbons (Fsp3) is 0. The van der Waals surface area contributed by atoms with Crippen LogP contribution < -0.4 is 11.1 Å². The lowest BCUT2D eigenvalue weighted by Crippen LogP contribution is -2.09. The summed E-state index contributed by atoms with van der Waals surface area (Å²) in [6.07, 6.45) is 0. The molecule has 0 spiro atoms. The average Bonchev–Trinajstić information content (AvgIpc) is 2.32. The largest absolute Gasteiger partial charge is 0.389 e. The van der Waals surface area contributed by atoms with Crippen molar-refractivity contribution in [3.8, 4) is 0 Å². The molecule has 0 bridgehead atoms. The molecule has 19 heavy (non-hydrogen) atoms. The van der Waals surface area contributed by atoms with E-state index in [-0.39, 0.29) is 0 Å². The molecule has 0 unspecified atom stereocenters. The Balaban J connectivity index is 2.29. The zero-order valence-electron chi connectivity index (χ0n) is 9.58. The van der Waals surface area contributed by atoms with E-state index in [1.54, 1.807) is 12.1 Å². The van der Waals surface area contributed by atoms with Crippen molar-refractivity contribution in [2.75, 3.05) is 5.32 Å². The molecule has 6 heteroatoms. The fourth-order valence-electron chi connectivity index (χ4n) is 1.54. The van der Waals surface area contributed by atoms with Crippen LogP contribution in [0, 0.1) is 0 Å². The van der Waals surface area contributed by atoms with Gasteiger partial charge < -0.3 is 11.1 Å². The summed E-state index contributed by atoms with van der Waals surface area (Å²) >= 11 is 18.0. The summed E-state index contributed by atoms with van der Waals surface area (Å²) in [5, 5.41) is 3.80. The van der Waals surface area contributed by atoms with Gasteiger partial charge in [0.1, 0.15) is 4.99 Å². The zero-order chi connectivity index (χ0) is 14.0. The third kappa shape index (κ3) is 3.69. The van der Waals surface area contributed by atoms with Crippen LogP contribution >= 0.6 is 55.7 Å². The molecule has 0 fully saturated rings. The van der Waals surface area contributed by atoms with Gasteiger partial charge in [0, 0.05) is 20.2 Å². The van der Waals surface area contributed by atoms with Gasteiger partial charge in [0.2, 0.25) is 0 Å². The first-order valence-corrected chi connectivity index (χ1v) is 7.66. The van der Waals surface area contributed by atoms with Crippen molar-refractivity contribution in [2.24, 2.45) is 5.73 Å². The lowest BCUT2D eigenvalue weighted by atomic mass is 10.2. The first kappa shape index (κ1) is 14.8. The number of hydrogen-bond donors (Lipinski definition) is 2. The van der Waals surface area contributed by atoms with Crippen LogP contribution in [-0.2, 0) is 0 Å². The second kappa shape index (κ2) is 6.22. The minimum absolute atomic E-state index is 0.293. The number of nitrogens with two attached hydrogens (primary N) is 1. The Hall–Kier alpha value is -0.620. The van der Waals surface area contributed by atoms with Crippen LogP contribution in [0.3, 0.4) is 0 Å². The van der Waals surface area contributed by atoms with Gasteiger partial charge in [0.15, 0.2) is 0 Å². The minimum Gasteiger partial charge on any atom is -0.389 e. The molecule has 2 aromatic rings. The number of benzene rings is 2. The second-order valence-corrected chi connectivity index (χ2v) is 6.43. The summed E-state index contributed by atoms with van der Waals surface area (Å²) in [6.45, 7) is 0. The van der Waals surface area contributed by atoms with Crippen molar-refractivity contribution in [3.63, 3.8) is 0 Å². The highest BCUT2D eigenvalue weighted by Gasteiger charge is 2.06. The molecule has 0 aromatic heterocycles. The maximum absolute atomic E-state index is 6.13. The van der Waals surface area contributed by atoms with E-state index in [1.165, 1.54) is 0 Å². The van der Waals surface area contributed by atoms with E-state index in [0.29, 0.717) is 15.6 Å². The van der Waals surface area contributed by atoms with Gasteiger partial charge in [-0.25, -0.2) is 0 Å². The van der Waals surface area contributed by atoms with Gasteiger partial charge in [0.05, 0.1) is 10.7 Å². The highest BCUT2D eigenvalue weighted by molar-refractivity contribution is 9.11. The Labute approximate surface area is 138 Å². The monoisotopic (exact) mass is 418 g/mol. The molecule has 2 nitrogen and oxygen atoms in total. The van der Waals surface area contributed by atoms with Crippen LogP contribution in [-0.4, -0.2) is 4.99 Å². The summed E-state index contributed by atoms with van der Waals surface area (Å²) < 4.78 is 1.96. The Morgan fingerprint density at radius 2 is 1.89 bits per heavy atom. The van der Waals surface area contributed by atoms with Crippen molar-refractivity contribution in [2.45, 2.75) is 0 Å². The number of nitrogens with one attached hydrogen (secondary N) is 1. The van der Waals surface area contributed by atoms with Crippen LogP contribution in [0.4, 0.5) is 11.4 Å². The predicted octanol–water partition coefficient (Wildman–Crippen LogP) is 5.24. The highest BCUT2D eigenvalue weighted by Crippen LogP contribution is 2.30. The number of thiocarbonyl (C=S) groups is 1. The van der Waals surface area contributed by atoms with E-state index in [4.69, 9.17) is 29.6 Å². The third-order valence-electron chi connectivity index (χ3n) is 2.44. The van der Waals surface area contributed by atoms with Gasteiger partial charge in [0.25, 0.3) is 0 Å². The molecule has 98 valence electrons. The van der Waals surface area contributed by atoms with Crippen molar-refractivity contribution < 1.29 is 0 Å². The molecule has 2 rings (SSSR count). The third-order valence-corrected chi connectivity index (χ3v) is 4.13. The van der Waals surface area contributed by atoms with Crippen LogP contribution in [0.15, 0.2) is 45.3 Å². The van der Waals surface area contributed by atoms with Crippen LogP contribution in [0.1, 0.15) is 5.56 Å². The van der Waals surface area contributed by atoms with E-state index in [2.05, 4.69) is 37.2 Å². The van der Waals surface area contributed by atoms with Crippen LogP contribution in [0.5, 0.6) is 0 Å². The summed E-state index contributed by atoms with van der Waals surface area (Å²) in [4.78, 5) is 0.293. The number of anilines is 2. The van der Waals surface area contributed by atoms with Gasteiger partial charge in [-0.15, -0.1) is 0 Å². The lowest BCUT2D eigenvalue weighted by molar-refractivity contribution is 1.50. The standard InChI is InChI=1S/C13H9Br2ClN2S/c14-7-1-4-12(10(15)5-7)18-8-2-3-9(13(17)19)11(16)6-8/h1-6,18H,(H2,17,19). The Morgan fingerprint density at radius 1 is 1.16 bits per heavy atom. The maximum Gasteiger partial charge on any atom is 0.105 e. The predicted molar refractivity (Wildman–Crippen MR) is 92.5 cm³/mol. The average molecular weight is 421 g/mol. The van der Waals surface area contributed by atoms with Crippen LogP contribution in [0.2, 0.25) is 5.02 Å². The SMILES string of the molecule is NC(=S)c1ccc(Nc2ccc(Br)cc2Br)cc1Cl. The first-order valence-electron chi connectivity index (χ1n) is 5.29. The molecule has 0 heterocycles. The molecule has 0 aliphatic heterocycles. The molecule has 0 radical (unpaired) electrons. The Bertz CT molecular complexity index is 647. The molecule has 2 aromatic carbocycles. The molecular weight excluding hydrogens is 411 g/mol. The first-order chi connectivity index (χ1) is 8.97. The molecule has 0 amide bonds. The molecular formula is C13H9Br2ClN2S. The van der Waals surface area contributed by atoms with Crippen molar-refractivity contribution in [1.82, 2.24) is 0 Å². The highest BCUT2D eigenvalue weighted by atomic mass is 79.9. The summed E-state index contributed by atoms with van der Waals surface area (Å²) in [7, 11) is 0. The van der Waals surface area contributed by atoms with Crippen molar-refractivity contribution >= 4 is 72.0 Å². The van der Waals surface area contributed by atoms with E-state index in [1.807, 2.05) is 24.3 Å². The minimum atomic E-state index is 0.293. The summed E-state index contributed by atoms with van der Waals surface area (Å²) in [6, 6.07) is 11.4. The van der Waals surface area contributed by atoms with Crippen LogP contribution in [0.25, 0.3) is 0 Å². The molecule has 0 aliphatic rings. The lowest BCUT2D eigenvalue weighted by Gasteiger charge is -2.10. The quantitative estimate of drug-likeness (QED) is 0.667. The fourth-order valence-corrected chi connectivity index (χ4v) is 3.20. The molecule has 3 N–H and O–H groups in total. The van der Waals surface area contributed by atoms with Crippen molar-refractivity contribution in [3.05, 3.63) is 55.9 Å². The summed E-state index contributed by atoms with van der Waals surface area (Å²) in [5.74, 6) is 0. The normalized spacial score (nSPS) is 10.3. The number of rotatable bonds is 3. The summed E-state index contributed by atoms with van der Waals surface area (Å²) in [5.41, 5.74) is 8.06. The topological polar surface area (TPSA) is 38.0 Å². The van der Waals surface area contributed by atoms with Gasteiger partial charge in [-0.3, -0.25) is 0 Å². The number of halogens is 3. The second-order valence-electron chi connectivity index (χ2n) is 3.81. The van der Waals surface area contributed by atoms with Gasteiger partial charge in [-0.05, 0) is 52.3 Å². The smallest absolute Gasteiger partial charge is 0.105 e. The molecule has 0 saturated carbocycles. The van der Waals surface area contributed by atoms with Gasteiger partial charge in [-0.1, -0.05) is 39.7 Å². The molecule has 0 atom stereocenters. The van der Waals surface area contributed by atoms with E-state index in [0.717, 1.165) is 20.3 Å². The van der Waals surface area contributed by atoms with E-state index >= 15 is 0 Å². The Morgan fingerprint density at radius 3 is 2.47 bits per heavy atom. The van der Waals surface area contributed by atoms with Gasteiger partial charge >= 0.3 is 0 Å². The maximum atomic E-state index is 6.13. The zero-order valence-corrected chi connectivity index (χ0v) is 14.3. The van der Waals surface area contributed by atoms with E-state index in [9.17, 15) is 0 Å². The van der Waals surface area contributed by atoms with E-state index < -0.39 is 0 Å². The molecule has 0 saturated heterocycles. The molecule has 0 aliphatic carbocycles. The van der Waals surface area contributed by atoms with Crippen molar-refractivity contribution in [1.29, 1.82) is 0 Å².